The highest BCUT2D eigenvalue weighted by Gasteiger charge is 2.56. The SMILES string of the molecule is CC(C)N1CC2(CN(C(=O)Cc3ccccc3)CC3CC(O)CN32)C1. The third-order valence-corrected chi connectivity index (χ3v) is 6.19. The van der Waals surface area contributed by atoms with Crippen LogP contribution in [0.15, 0.2) is 30.3 Å². The lowest BCUT2D eigenvalue weighted by atomic mass is 9.82. The molecule has 25 heavy (non-hydrogen) atoms. The molecule has 0 aromatic heterocycles. The fourth-order valence-electron chi connectivity index (χ4n) is 4.84. The Morgan fingerprint density at radius 2 is 1.92 bits per heavy atom. The molecule has 3 saturated heterocycles. The number of hydrogen-bond acceptors (Lipinski definition) is 4. The molecule has 136 valence electrons. The van der Waals surface area contributed by atoms with Gasteiger partial charge in [0.25, 0.3) is 0 Å². The number of benzene rings is 1. The number of amides is 1. The number of carbonyl (C=O) groups is 1. The molecular weight excluding hydrogens is 314 g/mol. The third-order valence-electron chi connectivity index (χ3n) is 6.19. The van der Waals surface area contributed by atoms with E-state index in [9.17, 15) is 9.90 Å². The van der Waals surface area contributed by atoms with Crippen LogP contribution in [0.4, 0.5) is 0 Å². The smallest absolute Gasteiger partial charge is 0.227 e. The van der Waals surface area contributed by atoms with Gasteiger partial charge in [-0.15, -0.1) is 0 Å². The third kappa shape index (κ3) is 3.09. The maximum Gasteiger partial charge on any atom is 0.227 e. The van der Waals surface area contributed by atoms with E-state index < -0.39 is 0 Å². The number of hydrogen-bond donors (Lipinski definition) is 1. The molecule has 0 bridgehead atoms. The van der Waals surface area contributed by atoms with Gasteiger partial charge in [-0.2, -0.15) is 0 Å². The van der Waals surface area contributed by atoms with Gasteiger partial charge in [0, 0.05) is 44.8 Å². The van der Waals surface area contributed by atoms with Crippen molar-refractivity contribution < 1.29 is 9.90 Å². The minimum absolute atomic E-state index is 0.0387. The van der Waals surface area contributed by atoms with E-state index in [2.05, 4.69) is 28.5 Å². The van der Waals surface area contributed by atoms with Crippen LogP contribution in [0.5, 0.6) is 0 Å². The van der Waals surface area contributed by atoms with Crippen LogP contribution in [0, 0.1) is 0 Å². The second-order valence-corrected chi connectivity index (χ2v) is 8.36. The molecule has 0 aliphatic carbocycles. The molecule has 1 aromatic carbocycles. The Kier molecular flexibility index (Phi) is 4.34. The van der Waals surface area contributed by atoms with Crippen LogP contribution in [0.2, 0.25) is 0 Å². The summed E-state index contributed by atoms with van der Waals surface area (Å²) in [6.07, 6.45) is 1.01. The zero-order valence-corrected chi connectivity index (χ0v) is 15.3. The average molecular weight is 343 g/mol. The van der Waals surface area contributed by atoms with Gasteiger partial charge >= 0.3 is 0 Å². The Morgan fingerprint density at radius 1 is 1.20 bits per heavy atom. The number of aliphatic hydroxyl groups is 1. The molecular formula is C20H29N3O2. The van der Waals surface area contributed by atoms with Crippen molar-refractivity contribution in [1.82, 2.24) is 14.7 Å². The molecule has 5 nitrogen and oxygen atoms in total. The van der Waals surface area contributed by atoms with Crippen LogP contribution in [-0.4, -0.2) is 82.2 Å². The molecule has 1 spiro atoms. The summed E-state index contributed by atoms with van der Waals surface area (Å²) in [5.41, 5.74) is 1.12. The minimum atomic E-state index is -0.251. The predicted octanol–water partition coefficient (Wildman–Crippen LogP) is 0.969. The number of carbonyl (C=O) groups excluding carboxylic acids is 1. The second kappa shape index (κ2) is 6.38. The van der Waals surface area contributed by atoms with Gasteiger partial charge in [0.1, 0.15) is 0 Å². The highest BCUT2D eigenvalue weighted by Crippen LogP contribution is 2.39. The van der Waals surface area contributed by atoms with Crippen molar-refractivity contribution in [2.45, 2.75) is 50.4 Å². The highest BCUT2D eigenvalue weighted by atomic mass is 16.3. The molecule has 2 atom stereocenters. The Labute approximate surface area is 150 Å². The van der Waals surface area contributed by atoms with E-state index in [1.807, 2.05) is 30.3 Å². The molecule has 1 N–H and O–H groups in total. The van der Waals surface area contributed by atoms with Gasteiger partial charge in [0.15, 0.2) is 0 Å². The zero-order chi connectivity index (χ0) is 17.6. The van der Waals surface area contributed by atoms with Crippen LogP contribution >= 0.6 is 0 Å². The van der Waals surface area contributed by atoms with Crippen molar-refractivity contribution >= 4 is 5.91 Å². The number of β-amino-alcohol motifs (C(OH)–C–C–N with tert-alkyl or cyclic N) is 1. The van der Waals surface area contributed by atoms with Gasteiger partial charge < -0.3 is 10.0 Å². The van der Waals surface area contributed by atoms with Gasteiger partial charge in [-0.05, 0) is 25.8 Å². The van der Waals surface area contributed by atoms with Crippen LogP contribution in [0.3, 0.4) is 0 Å². The standard InChI is InChI=1S/C20H29N3O2/c1-15(2)22-13-20(14-22)12-21(10-17-9-18(24)11-23(17)20)19(25)8-16-6-4-3-5-7-16/h3-7,15,17-18,24H,8-14H2,1-2H3. The van der Waals surface area contributed by atoms with Crippen LogP contribution < -0.4 is 0 Å². The second-order valence-electron chi connectivity index (χ2n) is 8.36. The summed E-state index contributed by atoms with van der Waals surface area (Å²) in [6, 6.07) is 10.8. The molecule has 3 fully saturated rings. The summed E-state index contributed by atoms with van der Waals surface area (Å²) in [7, 11) is 0. The lowest BCUT2D eigenvalue weighted by Gasteiger charge is -2.62. The van der Waals surface area contributed by atoms with Crippen molar-refractivity contribution in [2.24, 2.45) is 0 Å². The molecule has 3 aliphatic heterocycles. The summed E-state index contributed by atoms with van der Waals surface area (Å²) in [5, 5.41) is 10.2. The summed E-state index contributed by atoms with van der Waals surface area (Å²) in [5.74, 6) is 0.217. The number of fused-ring (bicyclic) bond motifs is 2. The number of piperazine rings is 1. The van der Waals surface area contributed by atoms with Crippen LogP contribution in [-0.2, 0) is 11.2 Å². The first-order valence-corrected chi connectivity index (χ1v) is 9.47. The van der Waals surface area contributed by atoms with Crippen molar-refractivity contribution in [3.8, 4) is 0 Å². The lowest BCUT2D eigenvalue weighted by molar-refractivity contribution is -0.152. The minimum Gasteiger partial charge on any atom is -0.392 e. The number of likely N-dealkylation sites (tertiary alicyclic amines) is 1. The summed E-state index contributed by atoms with van der Waals surface area (Å²) < 4.78 is 0. The van der Waals surface area contributed by atoms with Crippen molar-refractivity contribution in [2.75, 3.05) is 32.7 Å². The summed E-state index contributed by atoms with van der Waals surface area (Å²) in [4.78, 5) is 19.9. The molecule has 3 heterocycles. The molecule has 1 aromatic rings. The first-order chi connectivity index (χ1) is 12.0. The first kappa shape index (κ1) is 17.0. The lowest BCUT2D eigenvalue weighted by Crippen LogP contribution is -2.79. The Balaban J connectivity index is 1.50. The monoisotopic (exact) mass is 343 g/mol. The number of rotatable bonds is 3. The first-order valence-electron chi connectivity index (χ1n) is 9.47. The van der Waals surface area contributed by atoms with E-state index in [0.29, 0.717) is 18.5 Å². The summed E-state index contributed by atoms with van der Waals surface area (Å²) in [6.45, 7) is 8.77. The fourth-order valence-corrected chi connectivity index (χ4v) is 4.84. The molecule has 0 radical (unpaired) electrons. The molecule has 5 heteroatoms. The highest BCUT2D eigenvalue weighted by molar-refractivity contribution is 5.79. The molecule has 1 amide bonds. The van der Waals surface area contributed by atoms with Gasteiger partial charge in [0.2, 0.25) is 5.91 Å². The molecule has 3 aliphatic rings. The molecule has 0 saturated carbocycles. The average Bonchev–Trinajstić information content (AvgIpc) is 2.92. The van der Waals surface area contributed by atoms with E-state index in [0.717, 1.165) is 44.7 Å². The van der Waals surface area contributed by atoms with E-state index in [4.69, 9.17) is 0 Å². The normalized spacial score (nSPS) is 29.0. The van der Waals surface area contributed by atoms with E-state index in [-0.39, 0.29) is 17.6 Å². The van der Waals surface area contributed by atoms with Gasteiger partial charge in [-0.1, -0.05) is 30.3 Å². The van der Waals surface area contributed by atoms with Gasteiger partial charge in [-0.25, -0.2) is 0 Å². The fraction of sp³-hybridized carbons (Fsp3) is 0.650. The Bertz CT molecular complexity index is 627. The van der Waals surface area contributed by atoms with E-state index in [1.54, 1.807) is 0 Å². The van der Waals surface area contributed by atoms with E-state index in [1.165, 1.54) is 0 Å². The maximum atomic E-state index is 12.9. The summed E-state index contributed by atoms with van der Waals surface area (Å²) >= 11 is 0. The topological polar surface area (TPSA) is 47.0 Å². The molecule has 2 unspecified atom stereocenters. The zero-order valence-electron chi connectivity index (χ0n) is 15.3. The Morgan fingerprint density at radius 3 is 2.60 bits per heavy atom. The van der Waals surface area contributed by atoms with Crippen LogP contribution in [0.1, 0.15) is 25.8 Å². The van der Waals surface area contributed by atoms with E-state index >= 15 is 0 Å². The predicted molar refractivity (Wildman–Crippen MR) is 97.3 cm³/mol. The van der Waals surface area contributed by atoms with Gasteiger partial charge in [-0.3, -0.25) is 14.6 Å². The Hall–Kier alpha value is -1.43. The van der Waals surface area contributed by atoms with Crippen molar-refractivity contribution in [3.63, 3.8) is 0 Å². The number of aliphatic hydroxyl groups excluding tert-OH is 1. The van der Waals surface area contributed by atoms with Crippen molar-refractivity contribution in [1.29, 1.82) is 0 Å². The van der Waals surface area contributed by atoms with Crippen molar-refractivity contribution in [3.05, 3.63) is 35.9 Å². The quantitative estimate of drug-likeness (QED) is 0.888. The largest absolute Gasteiger partial charge is 0.392 e. The van der Waals surface area contributed by atoms with Crippen LogP contribution in [0.25, 0.3) is 0 Å². The maximum absolute atomic E-state index is 12.9. The molecule has 4 rings (SSSR count). The number of nitrogens with zero attached hydrogens (tertiary/aromatic N) is 3. The van der Waals surface area contributed by atoms with Gasteiger partial charge in [0.05, 0.1) is 18.1 Å².